The molecule has 0 radical (unpaired) electrons. The Hall–Kier alpha value is -6.93. The van der Waals surface area contributed by atoms with Gasteiger partial charge in [0, 0.05) is 58.1 Å². The minimum absolute atomic E-state index is 0.640. The fraction of sp³-hybridized carbons (Fsp3) is 0. The van der Waals surface area contributed by atoms with Crippen LogP contribution in [-0.2, 0) is 0 Å². The van der Waals surface area contributed by atoms with Crippen LogP contribution in [0.25, 0.3) is 108 Å². The number of aromatic nitrogens is 5. The van der Waals surface area contributed by atoms with Gasteiger partial charge in [-0.2, -0.15) is 0 Å². The number of benzene rings is 7. The maximum Gasteiger partial charge on any atom is 0.164 e. The Morgan fingerprint density at radius 3 is 1.59 bits per heavy atom. The van der Waals surface area contributed by atoms with Crippen molar-refractivity contribution in [3.05, 3.63) is 176 Å². The summed E-state index contributed by atoms with van der Waals surface area (Å²) in [7, 11) is 0. The zero-order chi connectivity index (χ0) is 37.0. The second-order valence-electron chi connectivity index (χ2n) is 13.6. The highest BCUT2D eigenvalue weighted by Gasteiger charge is 2.19. The van der Waals surface area contributed by atoms with Crippen molar-refractivity contribution in [2.45, 2.75) is 0 Å². The second-order valence-corrected chi connectivity index (χ2v) is 15.8. The van der Waals surface area contributed by atoms with Crippen molar-refractivity contribution in [1.29, 1.82) is 0 Å². The van der Waals surface area contributed by atoms with Gasteiger partial charge in [0.25, 0.3) is 0 Å². The van der Waals surface area contributed by atoms with E-state index >= 15 is 0 Å². The summed E-state index contributed by atoms with van der Waals surface area (Å²) < 4.78 is 4.74. The third-order valence-corrected chi connectivity index (χ3v) is 12.5. The average molecular weight is 752 g/mol. The summed E-state index contributed by atoms with van der Waals surface area (Å²) in [5.41, 5.74) is 9.10. The van der Waals surface area contributed by atoms with E-state index in [0.717, 1.165) is 60.2 Å². The standard InChI is InChI=1S/C49H29N5S2/c1-4-14-30(15-5-1)43-45-44(37-22-10-11-24-39(37)56-45)51-48(50-43)34-21-12-20-33(28-34)36-23-13-25-41-42(36)38-29-35(26-27-40(38)55-41)49-53-46(31-16-6-2-7-17-31)52-47(54-49)32-18-8-3-9-19-32/h1-29H. The first-order valence-corrected chi connectivity index (χ1v) is 20.0. The van der Waals surface area contributed by atoms with Crippen molar-refractivity contribution >= 4 is 63.1 Å². The van der Waals surface area contributed by atoms with Crippen molar-refractivity contribution in [2.75, 3.05) is 0 Å². The molecule has 0 saturated heterocycles. The van der Waals surface area contributed by atoms with Crippen molar-refractivity contribution in [3.8, 4) is 67.9 Å². The third-order valence-electron chi connectivity index (χ3n) is 10.2. The topological polar surface area (TPSA) is 64.5 Å². The van der Waals surface area contributed by atoms with E-state index in [2.05, 4.69) is 109 Å². The lowest BCUT2D eigenvalue weighted by atomic mass is 9.97. The molecule has 0 atom stereocenters. The first-order valence-electron chi connectivity index (χ1n) is 18.4. The van der Waals surface area contributed by atoms with E-state index in [-0.39, 0.29) is 0 Å². The maximum atomic E-state index is 5.26. The highest BCUT2D eigenvalue weighted by Crippen LogP contribution is 2.43. The molecule has 0 spiro atoms. The molecule has 11 aromatic rings. The molecule has 11 rings (SSSR count). The quantitative estimate of drug-likeness (QED) is 0.169. The third kappa shape index (κ3) is 5.64. The molecule has 0 aliphatic carbocycles. The van der Waals surface area contributed by atoms with Crippen LogP contribution in [0.5, 0.6) is 0 Å². The molecule has 5 nitrogen and oxygen atoms in total. The van der Waals surface area contributed by atoms with Gasteiger partial charge in [-0.05, 0) is 47.5 Å². The zero-order valence-corrected chi connectivity index (χ0v) is 31.4. The molecule has 0 bridgehead atoms. The lowest BCUT2D eigenvalue weighted by Crippen LogP contribution is -2.00. The highest BCUT2D eigenvalue weighted by molar-refractivity contribution is 7.26. The maximum absolute atomic E-state index is 5.26. The number of hydrogen-bond acceptors (Lipinski definition) is 7. The summed E-state index contributed by atoms with van der Waals surface area (Å²) in [5, 5.41) is 3.53. The van der Waals surface area contributed by atoms with Gasteiger partial charge in [-0.15, -0.1) is 22.7 Å². The molecular weight excluding hydrogens is 723 g/mol. The number of fused-ring (bicyclic) bond motifs is 6. The summed E-state index contributed by atoms with van der Waals surface area (Å²) in [4.78, 5) is 25.5. The van der Waals surface area contributed by atoms with Crippen molar-refractivity contribution < 1.29 is 0 Å². The van der Waals surface area contributed by atoms with Crippen molar-refractivity contribution in [2.24, 2.45) is 0 Å². The van der Waals surface area contributed by atoms with Gasteiger partial charge in [0.15, 0.2) is 23.3 Å². The fourth-order valence-electron chi connectivity index (χ4n) is 7.48. The van der Waals surface area contributed by atoms with Crippen LogP contribution in [0.15, 0.2) is 176 Å². The average Bonchev–Trinajstić information content (AvgIpc) is 3.85. The molecule has 4 heterocycles. The van der Waals surface area contributed by atoms with Gasteiger partial charge < -0.3 is 0 Å². The smallest absolute Gasteiger partial charge is 0.164 e. The van der Waals surface area contributed by atoms with Crippen molar-refractivity contribution in [3.63, 3.8) is 0 Å². The van der Waals surface area contributed by atoms with E-state index in [0.29, 0.717) is 23.3 Å². The van der Waals surface area contributed by atoms with Crippen LogP contribution in [0.2, 0.25) is 0 Å². The van der Waals surface area contributed by atoms with Crippen LogP contribution in [0.1, 0.15) is 0 Å². The minimum atomic E-state index is 0.640. The molecule has 0 amide bonds. The van der Waals surface area contributed by atoms with Gasteiger partial charge in [-0.1, -0.05) is 140 Å². The summed E-state index contributed by atoms with van der Waals surface area (Å²) >= 11 is 3.55. The number of hydrogen-bond donors (Lipinski definition) is 0. The summed E-state index contributed by atoms with van der Waals surface area (Å²) in [6.07, 6.45) is 0. The van der Waals surface area contributed by atoms with Crippen LogP contribution in [0, 0.1) is 0 Å². The van der Waals surface area contributed by atoms with Crippen LogP contribution in [0.4, 0.5) is 0 Å². The Morgan fingerprint density at radius 2 is 0.857 bits per heavy atom. The van der Waals surface area contributed by atoms with E-state index in [1.165, 1.54) is 24.9 Å². The molecule has 56 heavy (non-hydrogen) atoms. The van der Waals surface area contributed by atoms with Crippen LogP contribution < -0.4 is 0 Å². The molecule has 0 unspecified atom stereocenters. The van der Waals surface area contributed by atoms with E-state index < -0.39 is 0 Å². The van der Waals surface area contributed by atoms with Gasteiger partial charge in [-0.25, -0.2) is 24.9 Å². The first kappa shape index (κ1) is 32.5. The predicted molar refractivity (Wildman–Crippen MR) is 234 cm³/mol. The largest absolute Gasteiger partial charge is 0.226 e. The molecule has 0 aliphatic heterocycles. The van der Waals surface area contributed by atoms with Gasteiger partial charge in [0.1, 0.15) is 0 Å². The van der Waals surface area contributed by atoms with E-state index in [4.69, 9.17) is 24.9 Å². The molecule has 7 aromatic carbocycles. The minimum Gasteiger partial charge on any atom is -0.226 e. The monoisotopic (exact) mass is 751 g/mol. The van der Waals surface area contributed by atoms with Crippen LogP contribution >= 0.6 is 22.7 Å². The lowest BCUT2D eigenvalue weighted by molar-refractivity contribution is 1.07. The van der Waals surface area contributed by atoms with Gasteiger partial charge >= 0.3 is 0 Å². The molecule has 0 N–H and O–H groups in total. The Morgan fingerprint density at radius 1 is 0.321 bits per heavy atom. The fourth-order valence-corrected chi connectivity index (χ4v) is 9.75. The molecule has 262 valence electrons. The SMILES string of the molecule is c1ccc(-c2nc(-c3ccccc3)nc(-c3ccc4sc5cccc(-c6cccc(-c7nc(-c8ccccc8)c8sc9ccccc9c8n7)c6)c5c4c3)n2)cc1. The number of nitrogens with zero attached hydrogens (tertiary/aromatic N) is 5. The summed E-state index contributed by atoms with van der Waals surface area (Å²) in [5.74, 6) is 2.65. The Bertz CT molecular complexity index is 3190. The predicted octanol–water partition coefficient (Wildman–Crippen LogP) is 13.4. The van der Waals surface area contributed by atoms with Crippen LogP contribution in [-0.4, -0.2) is 24.9 Å². The molecule has 0 aliphatic rings. The zero-order valence-electron chi connectivity index (χ0n) is 29.8. The number of thiophene rings is 2. The van der Waals surface area contributed by atoms with E-state index in [9.17, 15) is 0 Å². The van der Waals surface area contributed by atoms with E-state index in [1.54, 1.807) is 22.7 Å². The van der Waals surface area contributed by atoms with Gasteiger partial charge in [0.05, 0.1) is 15.9 Å². The molecule has 0 fully saturated rings. The van der Waals surface area contributed by atoms with Gasteiger partial charge in [0.2, 0.25) is 0 Å². The molecule has 7 heteroatoms. The molecular formula is C49H29N5S2. The highest BCUT2D eigenvalue weighted by atomic mass is 32.1. The molecule has 0 saturated carbocycles. The summed E-state index contributed by atoms with van der Waals surface area (Å²) in [6.45, 7) is 0. The van der Waals surface area contributed by atoms with Crippen LogP contribution in [0.3, 0.4) is 0 Å². The summed E-state index contributed by atoms with van der Waals surface area (Å²) in [6, 6.07) is 61.0. The Labute approximate surface area is 330 Å². The number of rotatable bonds is 6. The van der Waals surface area contributed by atoms with E-state index in [1.807, 2.05) is 66.7 Å². The second kappa shape index (κ2) is 13.4. The van der Waals surface area contributed by atoms with Gasteiger partial charge in [-0.3, -0.25) is 0 Å². The molecule has 4 aromatic heterocycles. The van der Waals surface area contributed by atoms with Crippen molar-refractivity contribution in [1.82, 2.24) is 24.9 Å². The Balaban J connectivity index is 1.07. The normalized spacial score (nSPS) is 11.6. The first-order chi connectivity index (χ1) is 27.7. The Kier molecular flexibility index (Phi) is 7.79. The lowest BCUT2D eigenvalue weighted by Gasteiger charge is -2.10.